The molecule has 65 valence electrons. The van der Waals surface area contributed by atoms with Gasteiger partial charge in [-0.1, -0.05) is 48.5 Å². The number of unbranched alkanes of at least 4 members (excludes halogenated alkanes) is 1. The zero-order chi connectivity index (χ0) is 8.10. The first-order valence-corrected chi connectivity index (χ1v) is 5.69. The Morgan fingerprint density at radius 1 is 1.36 bits per heavy atom. The molecule has 0 aromatic carbocycles. The number of hydrogen-bond donors (Lipinski definition) is 0. The molecular weight excluding hydrogens is 200 g/mol. The molecule has 1 unspecified atom stereocenters. The Kier molecular flexibility index (Phi) is 4.51. The lowest BCUT2D eigenvalue weighted by Crippen LogP contribution is -2.09. The summed E-state index contributed by atoms with van der Waals surface area (Å²) in [5.41, 5.74) is 0. The van der Waals surface area contributed by atoms with Gasteiger partial charge < -0.3 is 0 Å². The number of halogens is 1. The van der Waals surface area contributed by atoms with Crippen LogP contribution in [-0.4, -0.2) is 4.83 Å². The fraction of sp³-hybridized carbons (Fsp3) is 0.900. The summed E-state index contributed by atoms with van der Waals surface area (Å²) in [6, 6.07) is 0. The minimum absolute atomic E-state index is 0.784. The first-order valence-electron chi connectivity index (χ1n) is 4.78. The summed E-state index contributed by atoms with van der Waals surface area (Å²) in [6.07, 6.45) is 9.52. The van der Waals surface area contributed by atoms with E-state index in [1.165, 1.54) is 38.5 Å². The van der Waals surface area contributed by atoms with Crippen LogP contribution in [-0.2, 0) is 0 Å². The van der Waals surface area contributed by atoms with E-state index in [9.17, 15) is 0 Å². The van der Waals surface area contributed by atoms with E-state index in [4.69, 9.17) is 0 Å². The zero-order valence-electron chi connectivity index (χ0n) is 7.19. The predicted molar refractivity (Wildman–Crippen MR) is 53.9 cm³/mol. The van der Waals surface area contributed by atoms with Gasteiger partial charge in [0.15, 0.2) is 0 Å². The first-order chi connectivity index (χ1) is 5.34. The third-order valence-corrected chi connectivity index (χ3v) is 3.85. The van der Waals surface area contributed by atoms with Crippen molar-refractivity contribution in [2.24, 2.45) is 5.92 Å². The summed E-state index contributed by atoms with van der Waals surface area (Å²) in [5.74, 6) is 0.974. The van der Waals surface area contributed by atoms with Crippen molar-refractivity contribution in [2.45, 2.75) is 49.8 Å². The number of alkyl halides is 1. The maximum absolute atomic E-state index is 3.86. The van der Waals surface area contributed by atoms with Crippen molar-refractivity contribution in [3.8, 4) is 0 Å². The van der Waals surface area contributed by atoms with Gasteiger partial charge in [-0.3, -0.25) is 0 Å². The molecule has 1 aliphatic carbocycles. The van der Waals surface area contributed by atoms with Gasteiger partial charge in [-0.2, -0.15) is 0 Å². The van der Waals surface area contributed by atoms with E-state index in [1.807, 2.05) is 0 Å². The minimum atomic E-state index is 0.784. The highest BCUT2D eigenvalue weighted by Crippen LogP contribution is 2.33. The molecule has 0 aliphatic heterocycles. The molecule has 0 bridgehead atoms. The van der Waals surface area contributed by atoms with Crippen LogP contribution in [0.1, 0.15) is 44.9 Å². The van der Waals surface area contributed by atoms with E-state index >= 15 is 0 Å². The third kappa shape index (κ3) is 3.14. The molecule has 1 aliphatic rings. The second-order valence-electron chi connectivity index (χ2n) is 3.56. The second-order valence-corrected chi connectivity index (χ2v) is 4.73. The van der Waals surface area contributed by atoms with Crippen LogP contribution in [0, 0.1) is 12.8 Å². The Bertz CT molecular complexity index is 95.0. The van der Waals surface area contributed by atoms with Gasteiger partial charge in [0.1, 0.15) is 0 Å². The smallest absolute Gasteiger partial charge is 0.0174 e. The molecule has 0 amide bonds. The molecular formula is C10H18Br. The molecule has 1 rings (SSSR count). The third-order valence-electron chi connectivity index (χ3n) is 2.64. The van der Waals surface area contributed by atoms with E-state index in [1.54, 1.807) is 0 Å². The van der Waals surface area contributed by atoms with Gasteiger partial charge in [-0.05, 0) is 25.2 Å². The van der Waals surface area contributed by atoms with Crippen LogP contribution in [0.4, 0.5) is 0 Å². The van der Waals surface area contributed by atoms with Gasteiger partial charge in [-0.25, -0.2) is 0 Å². The molecule has 11 heavy (non-hydrogen) atoms. The summed E-state index contributed by atoms with van der Waals surface area (Å²) in [5, 5.41) is 0. The van der Waals surface area contributed by atoms with Crippen molar-refractivity contribution in [3.63, 3.8) is 0 Å². The Labute approximate surface area is 78.9 Å². The van der Waals surface area contributed by atoms with Crippen molar-refractivity contribution >= 4 is 15.9 Å². The normalized spacial score (nSPS) is 22.4. The quantitative estimate of drug-likeness (QED) is 0.627. The molecule has 0 N–H and O–H groups in total. The Balaban J connectivity index is 2.12. The van der Waals surface area contributed by atoms with Gasteiger partial charge in [0.05, 0.1) is 0 Å². The molecule has 1 radical (unpaired) electrons. The van der Waals surface area contributed by atoms with Crippen molar-refractivity contribution in [1.29, 1.82) is 0 Å². The van der Waals surface area contributed by atoms with E-state index < -0.39 is 0 Å². The van der Waals surface area contributed by atoms with Gasteiger partial charge in [-0.15, -0.1) is 0 Å². The highest BCUT2D eigenvalue weighted by atomic mass is 79.9. The summed E-state index contributed by atoms with van der Waals surface area (Å²) in [7, 11) is 0. The molecule has 1 atom stereocenters. The van der Waals surface area contributed by atoms with E-state index in [0.717, 1.165) is 17.2 Å². The van der Waals surface area contributed by atoms with Gasteiger partial charge in [0, 0.05) is 4.83 Å². The molecule has 0 aromatic heterocycles. The lowest BCUT2D eigenvalue weighted by Gasteiger charge is -2.15. The molecule has 1 heteroatoms. The summed E-state index contributed by atoms with van der Waals surface area (Å²) < 4.78 is 0. The second kappa shape index (κ2) is 5.18. The van der Waals surface area contributed by atoms with Crippen LogP contribution in [0.25, 0.3) is 0 Å². The Hall–Kier alpha value is 0.480. The van der Waals surface area contributed by atoms with Crippen molar-refractivity contribution in [1.82, 2.24) is 0 Å². The minimum Gasteiger partial charge on any atom is -0.0888 e. The fourth-order valence-electron chi connectivity index (χ4n) is 1.89. The molecule has 0 aromatic rings. The SMILES string of the molecule is [CH2]CCCC(Br)C1CCCC1. The van der Waals surface area contributed by atoms with E-state index in [0.29, 0.717) is 0 Å². The Morgan fingerprint density at radius 2 is 2.00 bits per heavy atom. The molecule has 0 spiro atoms. The van der Waals surface area contributed by atoms with Gasteiger partial charge in [0.2, 0.25) is 0 Å². The standard InChI is InChI=1S/C10H18Br/c1-2-3-8-10(11)9-6-4-5-7-9/h9-10H,1-8H2. The average Bonchev–Trinajstić information content (AvgIpc) is 2.52. The maximum atomic E-state index is 3.86. The molecule has 1 fully saturated rings. The summed E-state index contributed by atoms with van der Waals surface area (Å²) in [4.78, 5) is 0.784. The molecule has 0 saturated heterocycles. The maximum Gasteiger partial charge on any atom is 0.0174 e. The van der Waals surface area contributed by atoms with Gasteiger partial charge in [0.25, 0.3) is 0 Å². The molecule has 0 heterocycles. The highest BCUT2D eigenvalue weighted by Gasteiger charge is 2.21. The average molecular weight is 218 g/mol. The van der Waals surface area contributed by atoms with Crippen LogP contribution >= 0.6 is 15.9 Å². The summed E-state index contributed by atoms with van der Waals surface area (Å²) in [6.45, 7) is 3.86. The monoisotopic (exact) mass is 217 g/mol. The van der Waals surface area contributed by atoms with Crippen LogP contribution in [0.2, 0.25) is 0 Å². The number of hydrogen-bond acceptors (Lipinski definition) is 0. The lowest BCUT2D eigenvalue weighted by molar-refractivity contribution is 0.496. The predicted octanol–water partition coefficient (Wildman–Crippen LogP) is 3.94. The molecule has 1 saturated carbocycles. The number of rotatable bonds is 4. The first kappa shape index (κ1) is 9.57. The Morgan fingerprint density at radius 3 is 2.55 bits per heavy atom. The summed E-state index contributed by atoms with van der Waals surface area (Å²) >= 11 is 3.78. The largest absolute Gasteiger partial charge is 0.0888 e. The zero-order valence-corrected chi connectivity index (χ0v) is 8.78. The van der Waals surface area contributed by atoms with E-state index in [-0.39, 0.29) is 0 Å². The molecule has 0 nitrogen and oxygen atoms in total. The van der Waals surface area contributed by atoms with Crippen LogP contribution < -0.4 is 0 Å². The van der Waals surface area contributed by atoms with E-state index in [2.05, 4.69) is 22.9 Å². The lowest BCUT2D eigenvalue weighted by atomic mass is 10.00. The van der Waals surface area contributed by atoms with Crippen LogP contribution in [0.3, 0.4) is 0 Å². The fourth-order valence-corrected chi connectivity index (χ4v) is 2.75. The van der Waals surface area contributed by atoms with Crippen LogP contribution in [0.5, 0.6) is 0 Å². The van der Waals surface area contributed by atoms with Crippen molar-refractivity contribution in [3.05, 3.63) is 6.92 Å². The van der Waals surface area contributed by atoms with Crippen molar-refractivity contribution in [2.75, 3.05) is 0 Å². The topological polar surface area (TPSA) is 0 Å². The highest BCUT2D eigenvalue weighted by molar-refractivity contribution is 9.09. The van der Waals surface area contributed by atoms with Crippen LogP contribution in [0.15, 0.2) is 0 Å². The van der Waals surface area contributed by atoms with Gasteiger partial charge >= 0.3 is 0 Å². The van der Waals surface area contributed by atoms with Crippen molar-refractivity contribution < 1.29 is 0 Å².